The molecule has 0 saturated heterocycles. The molecule has 0 aliphatic rings. The van der Waals surface area contributed by atoms with Crippen LogP contribution in [0.25, 0.3) is 0 Å². The standard InChI is InChI=1S/C6H13NOS/c1-3-9-4-6(7)5(2)8/h6H,3-4,7H2,1-2H3. The lowest BCUT2D eigenvalue weighted by Gasteiger charge is -2.03. The fraction of sp³-hybridized carbons (Fsp3) is 0.833. The van der Waals surface area contributed by atoms with E-state index in [1.54, 1.807) is 11.8 Å². The summed E-state index contributed by atoms with van der Waals surface area (Å²) < 4.78 is 0. The molecule has 0 spiro atoms. The average molecular weight is 147 g/mol. The van der Waals surface area contributed by atoms with Gasteiger partial charge in [-0.05, 0) is 12.7 Å². The van der Waals surface area contributed by atoms with Crippen molar-refractivity contribution in [3.05, 3.63) is 0 Å². The van der Waals surface area contributed by atoms with E-state index < -0.39 is 0 Å². The molecule has 0 fully saturated rings. The number of rotatable bonds is 4. The molecule has 0 radical (unpaired) electrons. The molecule has 1 unspecified atom stereocenters. The fourth-order valence-electron chi connectivity index (χ4n) is 0.362. The van der Waals surface area contributed by atoms with Crippen LogP contribution in [0.3, 0.4) is 0 Å². The van der Waals surface area contributed by atoms with E-state index in [-0.39, 0.29) is 11.8 Å². The monoisotopic (exact) mass is 147 g/mol. The molecule has 2 nitrogen and oxygen atoms in total. The van der Waals surface area contributed by atoms with Gasteiger partial charge in [-0.2, -0.15) is 11.8 Å². The lowest BCUT2D eigenvalue weighted by atomic mass is 10.3. The highest BCUT2D eigenvalue weighted by Crippen LogP contribution is 1.99. The average Bonchev–Trinajstić information content (AvgIpc) is 1.82. The fourth-order valence-corrected chi connectivity index (χ4v) is 1.09. The van der Waals surface area contributed by atoms with Gasteiger partial charge < -0.3 is 5.73 Å². The van der Waals surface area contributed by atoms with E-state index in [0.717, 1.165) is 11.5 Å². The summed E-state index contributed by atoms with van der Waals surface area (Å²) in [5.74, 6) is 1.86. The quantitative estimate of drug-likeness (QED) is 0.635. The molecule has 0 aliphatic heterocycles. The number of hydrogen-bond donors (Lipinski definition) is 1. The van der Waals surface area contributed by atoms with E-state index in [1.807, 2.05) is 0 Å². The zero-order chi connectivity index (χ0) is 7.28. The number of Topliss-reactive ketones (excluding diaryl/α,β-unsaturated/α-hetero) is 1. The summed E-state index contributed by atoms with van der Waals surface area (Å²) in [6, 6.07) is -0.255. The van der Waals surface area contributed by atoms with Crippen LogP contribution in [0.4, 0.5) is 0 Å². The molecule has 0 aliphatic carbocycles. The number of ketones is 1. The SMILES string of the molecule is CCSCC(N)C(C)=O. The van der Waals surface area contributed by atoms with Crippen molar-refractivity contribution in [2.45, 2.75) is 19.9 Å². The number of carbonyl (C=O) groups excluding carboxylic acids is 1. The Labute approximate surface area is 60.2 Å². The molecule has 2 N–H and O–H groups in total. The Bertz CT molecular complexity index is 95.1. The van der Waals surface area contributed by atoms with Crippen LogP contribution in [0.15, 0.2) is 0 Å². The molecule has 0 aromatic rings. The molecule has 0 amide bonds. The van der Waals surface area contributed by atoms with Crippen LogP contribution in [0.1, 0.15) is 13.8 Å². The van der Waals surface area contributed by atoms with E-state index in [2.05, 4.69) is 6.92 Å². The zero-order valence-electron chi connectivity index (χ0n) is 5.89. The van der Waals surface area contributed by atoms with Crippen molar-refractivity contribution in [2.75, 3.05) is 11.5 Å². The molecule has 0 heterocycles. The van der Waals surface area contributed by atoms with Crippen LogP contribution >= 0.6 is 11.8 Å². The highest BCUT2D eigenvalue weighted by molar-refractivity contribution is 7.99. The van der Waals surface area contributed by atoms with Crippen molar-refractivity contribution >= 4 is 17.5 Å². The molecule has 0 saturated carbocycles. The summed E-state index contributed by atoms with van der Waals surface area (Å²) in [6.07, 6.45) is 0. The Kier molecular flexibility index (Phi) is 4.81. The highest BCUT2D eigenvalue weighted by Gasteiger charge is 2.05. The minimum atomic E-state index is -0.255. The highest BCUT2D eigenvalue weighted by atomic mass is 32.2. The Morgan fingerprint density at radius 1 is 1.78 bits per heavy atom. The normalized spacial score (nSPS) is 13.2. The molecular formula is C6H13NOS. The van der Waals surface area contributed by atoms with Crippen molar-refractivity contribution in [3.63, 3.8) is 0 Å². The van der Waals surface area contributed by atoms with Crippen molar-refractivity contribution in [3.8, 4) is 0 Å². The van der Waals surface area contributed by atoms with Gasteiger partial charge in [0.05, 0.1) is 6.04 Å². The van der Waals surface area contributed by atoms with Crippen LogP contribution in [0, 0.1) is 0 Å². The minimum absolute atomic E-state index is 0.0796. The van der Waals surface area contributed by atoms with Crippen molar-refractivity contribution < 1.29 is 4.79 Å². The third-order valence-electron chi connectivity index (χ3n) is 1.02. The van der Waals surface area contributed by atoms with Crippen LogP contribution in [-0.4, -0.2) is 23.3 Å². The summed E-state index contributed by atoms with van der Waals surface area (Å²) in [5, 5.41) is 0. The zero-order valence-corrected chi connectivity index (χ0v) is 6.70. The van der Waals surface area contributed by atoms with Gasteiger partial charge in [0.25, 0.3) is 0 Å². The Hall–Kier alpha value is -0.0200. The lowest BCUT2D eigenvalue weighted by molar-refractivity contribution is -0.117. The van der Waals surface area contributed by atoms with Gasteiger partial charge in [-0.25, -0.2) is 0 Å². The number of nitrogens with two attached hydrogens (primary N) is 1. The summed E-state index contributed by atoms with van der Waals surface area (Å²) in [5.41, 5.74) is 5.43. The summed E-state index contributed by atoms with van der Waals surface area (Å²) in [6.45, 7) is 3.58. The van der Waals surface area contributed by atoms with Gasteiger partial charge >= 0.3 is 0 Å². The molecule has 0 aromatic heterocycles. The van der Waals surface area contributed by atoms with Crippen molar-refractivity contribution in [1.82, 2.24) is 0 Å². The van der Waals surface area contributed by atoms with Gasteiger partial charge in [0, 0.05) is 5.75 Å². The van der Waals surface area contributed by atoms with E-state index in [9.17, 15) is 4.79 Å². The maximum absolute atomic E-state index is 10.5. The first-order valence-corrected chi connectivity index (χ1v) is 4.17. The summed E-state index contributed by atoms with van der Waals surface area (Å²) in [7, 11) is 0. The van der Waals surface area contributed by atoms with Crippen LogP contribution < -0.4 is 5.73 Å². The molecular weight excluding hydrogens is 134 g/mol. The molecule has 1 atom stereocenters. The lowest BCUT2D eigenvalue weighted by Crippen LogP contribution is -2.30. The van der Waals surface area contributed by atoms with Crippen molar-refractivity contribution in [1.29, 1.82) is 0 Å². The minimum Gasteiger partial charge on any atom is -0.321 e. The second-order valence-corrected chi connectivity index (χ2v) is 3.20. The maximum Gasteiger partial charge on any atom is 0.147 e. The largest absolute Gasteiger partial charge is 0.321 e. The van der Waals surface area contributed by atoms with Crippen molar-refractivity contribution in [2.24, 2.45) is 5.73 Å². The molecule has 0 rings (SSSR count). The molecule has 54 valence electrons. The number of hydrogen-bond acceptors (Lipinski definition) is 3. The first-order chi connectivity index (χ1) is 4.18. The molecule has 0 bridgehead atoms. The Morgan fingerprint density at radius 3 is 2.67 bits per heavy atom. The molecule has 3 heteroatoms. The second-order valence-electron chi connectivity index (χ2n) is 1.88. The van der Waals surface area contributed by atoms with Gasteiger partial charge in [-0.1, -0.05) is 6.92 Å². The Balaban J connectivity index is 3.27. The van der Waals surface area contributed by atoms with Gasteiger partial charge in [0.15, 0.2) is 0 Å². The maximum atomic E-state index is 10.5. The second kappa shape index (κ2) is 4.82. The van der Waals surface area contributed by atoms with E-state index in [0.29, 0.717) is 0 Å². The third kappa shape index (κ3) is 4.48. The van der Waals surface area contributed by atoms with Gasteiger partial charge in [0.2, 0.25) is 0 Å². The number of carbonyl (C=O) groups is 1. The van der Waals surface area contributed by atoms with Crippen LogP contribution in [0.2, 0.25) is 0 Å². The van der Waals surface area contributed by atoms with Gasteiger partial charge in [-0.3, -0.25) is 4.79 Å². The summed E-state index contributed by atoms with van der Waals surface area (Å²) in [4.78, 5) is 10.5. The van der Waals surface area contributed by atoms with E-state index in [4.69, 9.17) is 5.73 Å². The smallest absolute Gasteiger partial charge is 0.147 e. The van der Waals surface area contributed by atoms with E-state index in [1.165, 1.54) is 6.92 Å². The predicted molar refractivity (Wildman–Crippen MR) is 41.7 cm³/mol. The van der Waals surface area contributed by atoms with Gasteiger partial charge in [-0.15, -0.1) is 0 Å². The Morgan fingerprint density at radius 2 is 2.33 bits per heavy atom. The molecule has 0 aromatic carbocycles. The van der Waals surface area contributed by atoms with Crippen LogP contribution in [0.5, 0.6) is 0 Å². The van der Waals surface area contributed by atoms with Gasteiger partial charge in [0.1, 0.15) is 5.78 Å². The molecule has 9 heavy (non-hydrogen) atoms. The predicted octanol–water partition coefficient (Wildman–Crippen LogP) is 0.656. The first kappa shape index (κ1) is 8.98. The topological polar surface area (TPSA) is 43.1 Å². The summed E-state index contributed by atoms with van der Waals surface area (Å²) >= 11 is 1.70. The van der Waals surface area contributed by atoms with Crippen LogP contribution in [-0.2, 0) is 4.79 Å². The van der Waals surface area contributed by atoms with E-state index >= 15 is 0 Å². The number of thioether (sulfide) groups is 1. The third-order valence-corrected chi connectivity index (χ3v) is 2.03. The first-order valence-electron chi connectivity index (χ1n) is 3.02.